The van der Waals surface area contributed by atoms with E-state index in [4.69, 9.17) is 0 Å². The van der Waals surface area contributed by atoms with Crippen molar-refractivity contribution in [3.8, 4) is 11.1 Å². The lowest BCUT2D eigenvalue weighted by Crippen LogP contribution is -2.09. The molecule has 1 aliphatic heterocycles. The molecule has 1 unspecified atom stereocenters. The smallest absolute Gasteiger partial charge is 0.240 e. The van der Waals surface area contributed by atoms with Crippen LogP contribution in [0.15, 0.2) is 41.7 Å². The van der Waals surface area contributed by atoms with Gasteiger partial charge in [0, 0.05) is 36.9 Å². The number of nitrogens with zero attached hydrogens (tertiary/aromatic N) is 4. The summed E-state index contributed by atoms with van der Waals surface area (Å²) >= 11 is 0. The summed E-state index contributed by atoms with van der Waals surface area (Å²) in [5, 5.41) is 7.25. The van der Waals surface area contributed by atoms with Crippen molar-refractivity contribution in [1.82, 2.24) is 14.6 Å². The third-order valence-corrected chi connectivity index (χ3v) is 4.57. The van der Waals surface area contributed by atoms with E-state index in [1.165, 1.54) is 0 Å². The number of benzene rings is 1. The van der Waals surface area contributed by atoms with E-state index in [0.29, 0.717) is 5.95 Å². The number of fused-ring (bicyclic) bond motifs is 2. The van der Waals surface area contributed by atoms with Gasteiger partial charge in [0.15, 0.2) is 0 Å². The third-order valence-electron chi connectivity index (χ3n) is 4.57. The van der Waals surface area contributed by atoms with Crippen LogP contribution in [0.4, 0.5) is 20.4 Å². The number of rotatable bonds is 4. The maximum atomic E-state index is 12.9. The Morgan fingerprint density at radius 3 is 2.88 bits per heavy atom. The first-order chi connectivity index (χ1) is 12.1. The highest BCUT2D eigenvalue weighted by atomic mass is 19.3. The number of anilines is 1. The number of halogens is 2. The van der Waals surface area contributed by atoms with E-state index in [9.17, 15) is 8.78 Å². The zero-order valence-corrected chi connectivity index (χ0v) is 13.9. The van der Waals surface area contributed by atoms with Crippen molar-refractivity contribution in [2.24, 2.45) is 4.99 Å². The molecule has 0 bridgehead atoms. The molecule has 0 amide bonds. The second-order valence-electron chi connectivity index (χ2n) is 6.10. The van der Waals surface area contributed by atoms with Gasteiger partial charge in [-0.1, -0.05) is 6.07 Å². The summed E-state index contributed by atoms with van der Waals surface area (Å²) in [6.07, 6.45) is 1.06. The molecule has 1 atom stereocenters. The second kappa shape index (κ2) is 5.91. The van der Waals surface area contributed by atoms with Crippen LogP contribution in [0.3, 0.4) is 0 Å². The monoisotopic (exact) mass is 341 g/mol. The number of alkyl halides is 2. The van der Waals surface area contributed by atoms with Gasteiger partial charge in [-0.15, -0.1) is 5.10 Å². The largest absolute Gasteiger partial charge is 0.356 e. The van der Waals surface area contributed by atoms with Gasteiger partial charge in [-0.2, -0.15) is 0 Å². The van der Waals surface area contributed by atoms with Crippen molar-refractivity contribution >= 4 is 22.9 Å². The van der Waals surface area contributed by atoms with E-state index in [1.807, 2.05) is 37.4 Å². The Bertz CT molecular complexity index is 977. The summed E-state index contributed by atoms with van der Waals surface area (Å²) in [7, 11) is 1.76. The fourth-order valence-electron chi connectivity index (χ4n) is 3.33. The van der Waals surface area contributed by atoms with Crippen LogP contribution in [0, 0.1) is 0 Å². The van der Waals surface area contributed by atoms with Crippen LogP contribution in [-0.2, 0) is 0 Å². The van der Waals surface area contributed by atoms with Gasteiger partial charge in [-0.3, -0.25) is 4.99 Å². The van der Waals surface area contributed by atoms with Crippen molar-refractivity contribution < 1.29 is 8.78 Å². The number of hydrogen-bond acceptors (Lipinski definition) is 4. The van der Waals surface area contributed by atoms with Crippen LogP contribution < -0.4 is 5.32 Å². The van der Waals surface area contributed by atoms with Crippen LogP contribution in [-0.4, -0.2) is 33.8 Å². The molecule has 3 heterocycles. The molecule has 1 aromatic carbocycles. The highest BCUT2D eigenvalue weighted by molar-refractivity contribution is 5.97. The van der Waals surface area contributed by atoms with E-state index in [2.05, 4.69) is 20.4 Å². The molecule has 0 fully saturated rings. The summed E-state index contributed by atoms with van der Waals surface area (Å²) in [6, 6.07) is 7.77. The molecule has 0 aliphatic carbocycles. The Kier molecular flexibility index (Phi) is 3.71. The highest BCUT2D eigenvalue weighted by Gasteiger charge is 2.27. The van der Waals surface area contributed by atoms with Crippen molar-refractivity contribution in [2.75, 3.05) is 12.4 Å². The highest BCUT2D eigenvalue weighted by Crippen LogP contribution is 2.41. The molecule has 0 spiro atoms. The molecule has 0 saturated heterocycles. The van der Waals surface area contributed by atoms with Crippen LogP contribution in [0.5, 0.6) is 0 Å². The molecule has 128 valence electrons. The summed E-state index contributed by atoms with van der Waals surface area (Å²) in [4.78, 5) is 8.70. The zero-order valence-electron chi connectivity index (χ0n) is 13.9. The Labute approximate surface area is 143 Å². The zero-order chi connectivity index (χ0) is 17.6. The third kappa shape index (κ3) is 2.65. The molecular formula is C18H17F2N5. The SMILES string of the molecule is CNc1ncc2c(-c3ccc4c(c3)C(CC(F)F)C(C)=N4)ccn2n1. The van der Waals surface area contributed by atoms with Crippen LogP contribution in [0.2, 0.25) is 0 Å². The lowest BCUT2D eigenvalue weighted by molar-refractivity contribution is 0.135. The number of aliphatic imine (C=N–C) groups is 1. The molecule has 2 aromatic heterocycles. The topological polar surface area (TPSA) is 54.6 Å². The predicted molar refractivity (Wildman–Crippen MR) is 94.1 cm³/mol. The minimum Gasteiger partial charge on any atom is -0.356 e. The first-order valence-electron chi connectivity index (χ1n) is 8.06. The normalized spacial score (nSPS) is 16.4. The van der Waals surface area contributed by atoms with Gasteiger partial charge < -0.3 is 5.32 Å². The molecule has 0 radical (unpaired) electrons. The Morgan fingerprint density at radius 1 is 1.28 bits per heavy atom. The predicted octanol–water partition coefficient (Wildman–Crippen LogP) is 4.28. The second-order valence-corrected chi connectivity index (χ2v) is 6.10. The minimum atomic E-state index is -2.35. The van der Waals surface area contributed by atoms with Gasteiger partial charge in [0.1, 0.15) is 0 Å². The lowest BCUT2D eigenvalue weighted by Gasteiger charge is -2.13. The molecule has 4 rings (SSSR count). The Balaban J connectivity index is 1.78. The van der Waals surface area contributed by atoms with Gasteiger partial charge in [0.25, 0.3) is 0 Å². The minimum absolute atomic E-state index is 0.197. The Morgan fingerprint density at radius 2 is 2.12 bits per heavy atom. The molecule has 25 heavy (non-hydrogen) atoms. The quantitative estimate of drug-likeness (QED) is 0.770. The summed E-state index contributed by atoms with van der Waals surface area (Å²) < 4.78 is 27.6. The molecule has 1 N–H and O–H groups in total. The summed E-state index contributed by atoms with van der Waals surface area (Å²) in [6.45, 7) is 1.81. The standard InChI is InChI=1S/C18H17F2N5/c1-10-13(8-17(19)20)14-7-11(3-4-15(14)23-10)12-5-6-25-16(12)9-22-18(21-2)24-25/h3-7,9,13,17H,8H2,1-2H3,(H,21,24). The fraction of sp³-hybridized carbons (Fsp3) is 0.278. The van der Waals surface area contributed by atoms with Crippen molar-refractivity contribution in [3.05, 3.63) is 42.2 Å². The maximum absolute atomic E-state index is 12.9. The van der Waals surface area contributed by atoms with Crippen LogP contribution in [0.1, 0.15) is 24.8 Å². The molecule has 7 heteroatoms. The lowest BCUT2D eigenvalue weighted by atomic mass is 9.91. The fourth-order valence-corrected chi connectivity index (χ4v) is 3.33. The van der Waals surface area contributed by atoms with E-state index in [-0.39, 0.29) is 12.3 Å². The number of hydrogen-bond donors (Lipinski definition) is 1. The molecule has 5 nitrogen and oxygen atoms in total. The molecule has 3 aromatic rings. The molecule has 1 aliphatic rings. The van der Waals surface area contributed by atoms with Crippen molar-refractivity contribution in [2.45, 2.75) is 25.7 Å². The van der Waals surface area contributed by atoms with Gasteiger partial charge in [0.05, 0.1) is 17.4 Å². The average molecular weight is 341 g/mol. The van der Waals surface area contributed by atoms with Crippen LogP contribution in [0.25, 0.3) is 16.6 Å². The maximum Gasteiger partial charge on any atom is 0.240 e. The van der Waals surface area contributed by atoms with E-state index >= 15 is 0 Å². The van der Waals surface area contributed by atoms with Crippen molar-refractivity contribution in [3.63, 3.8) is 0 Å². The van der Waals surface area contributed by atoms with E-state index in [1.54, 1.807) is 17.8 Å². The van der Waals surface area contributed by atoms with Crippen molar-refractivity contribution in [1.29, 1.82) is 0 Å². The summed E-state index contributed by atoms with van der Waals surface area (Å²) in [5.41, 5.74) is 5.17. The first-order valence-corrected chi connectivity index (χ1v) is 8.06. The van der Waals surface area contributed by atoms with Gasteiger partial charge >= 0.3 is 0 Å². The average Bonchev–Trinajstić information content (AvgIpc) is 3.15. The molecule has 0 saturated carbocycles. The van der Waals surface area contributed by atoms with Gasteiger partial charge in [-0.25, -0.2) is 18.3 Å². The molecular weight excluding hydrogens is 324 g/mol. The Hall–Kier alpha value is -2.83. The summed E-state index contributed by atoms with van der Waals surface area (Å²) in [5.74, 6) is 0.209. The van der Waals surface area contributed by atoms with E-state index in [0.717, 1.165) is 33.6 Å². The van der Waals surface area contributed by atoms with Crippen LogP contribution >= 0.6 is 0 Å². The first kappa shape index (κ1) is 15.7. The van der Waals surface area contributed by atoms with E-state index < -0.39 is 6.43 Å². The van der Waals surface area contributed by atoms with Gasteiger partial charge in [0.2, 0.25) is 12.4 Å². The number of aromatic nitrogens is 3. The number of nitrogens with one attached hydrogen (secondary N) is 1. The van der Waals surface area contributed by atoms with Gasteiger partial charge in [-0.05, 0) is 36.2 Å².